The number of hydrogen-bond acceptors (Lipinski definition) is 4. The minimum atomic E-state index is 0.590. The van der Waals surface area contributed by atoms with Crippen LogP contribution in [0, 0.1) is 0 Å². The number of benzene rings is 8. The molecular weight excluding hydrogens is 685 g/mol. The van der Waals surface area contributed by atoms with Gasteiger partial charge in [-0.15, -0.1) is 0 Å². The lowest BCUT2D eigenvalue weighted by atomic mass is 9.93. The van der Waals surface area contributed by atoms with E-state index in [1.807, 2.05) is 66.7 Å². The molecule has 0 spiro atoms. The van der Waals surface area contributed by atoms with Gasteiger partial charge in [0.25, 0.3) is 0 Å². The highest BCUT2D eigenvalue weighted by molar-refractivity contribution is 6.19. The molecule has 3 heterocycles. The van der Waals surface area contributed by atoms with Crippen LogP contribution in [0.3, 0.4) is 0 Å². The van der Waals surface area contributed by atoms with Crippen LogP contribution in [0.15, 0.2) is 199 Å². The molecule has 0 aliphatic carbocycles. The smallest absolute Gasteiger partial charge is 0.164 e. The van der Waals surface area contributed by atoms with Crippen molar-refractivity contribution in [2.24, 2.45) is 0 Å². The van der Waals surface area contributed by atoms with Gasteiger partial charge in [0.15, 0.2) is 17.5 Å². The SMILES string of the molecule is c1ccc(-c2ccc(-c3cccc4c3oc3cc5c(cc34)c3ccccc3n5-c3ccccc3)c(-c3nc(-c4ccccc4)nc(-c4ccccc4)n3)c2)cc1. The zero-order valence-electron chi connectivity index (χ0n) is 30.2. The topological polar surface area (TPSA) is 56.7 Å². The van der Waals surface area contributed by atoms with Gasteiger partial charge in [-0.3, -0.25) is 0 Å². The molecule has 0 amide bonds. The van der Waals surface area contributed by atoms with Crippen LogP contribution < -0.4 is 0 Å². The zero-order valence-corrected chi connectivity index (χ0v) is 30.2. The van der Waals surface area contributed by atoms with Gasteiger partial charge in [0.1, 0.15) is 11.2 Å². The van der Waals surface area contributed by atoms with E-state index in [4.69, 9.17) is 19.4 Å². The second-order valence-corrected chi connectivity index (χ2v) is 14.0. The number of rotatable bonds is 6. The molecule has 0 N–H and O–H groups in total. The van der Waals surface area contributed by atoms with Crippen molar-refractivity contribution in [2.45, 2.75) is 0 Å². The van der Waals surface area contributed by atoms with Crippen LogP contribution in [0.5, 0.6) is 0 Å². The minimum absolute atomic E-state index is 0.590. The molecule has 56 heavy (non-hydrogen) atoms. The molecule has 5 nitrogen and oxygen atoms in total. The van der Waals surface area contributed by atoms with Gasteiger partial charge < -0.3 is 8.98 Å². The van der Waals surface area contributed by atoms with Gasteiger partial charge in [-0.2, -0.15) is 0 Å². The first-order chi connectivity index (χ1) is 27.8. The van der Waals surface area contributed by atoms with E-state index >= 15 is 0 Å². The maximum absolute atomic E-state index is 6.96. The summed E-state index contributed by atoms with van der Waals surface area (Å²) in [6, 6.07) is 67.3. The third kappa shape index (κ3) is 5.29. The molecule has 11 rings (SSSR count). The van der Waals surface area contributed by atoms with Crippen LogP contribution in [-0.2, 0) is 0 Å². The molecule has 0 aliphatic rings. The largest absolute Gasteiger partial charge is 0.455 e. The molecule has 0 unspecified atom stereocenters. The summed E-state index contributed by atoms with van der Waals surface area (Å²) < 4.78 is 9.29. The number of nitrogens with zero attached hydrogens (tertiary/aromatic N) is 4. The zero-order chi connectivity index (χ0) is 37.0. The Morgan fingerprint density at radius 2 is 0.929 bits per heavy atom. The highest BCUT2D eigenvalue weighted by Crippen LogP contribution is 2.43. The monoisotopic (exact) mass is 716 g/mol. The Hall–Kier alpha value is -7.63. The van der Waals surface area contributed by atoms with Gasteiger partial charge in [0.2, 0.25) is 0 Å². The summed E-state index contributed by atoms with van der Waals surface area (Å²) in [4.78, 5) is 15.4. The van der Waals surface area contributed by atoms with E-state index < -0.39 is 0 Å². The number of furan rings is 1. The summed E-state index contributed by atoms with van der Waals surface area (Å²) in [5, 5.41) is 4.52. The summed E-state index contributed by atoms with van der Waals surface area (Å²) in [6.07, 6.45) is 0. The molecule has 0 saturated carbocycles. The summed E-state index contributed by atoms with van der Waals surface area (Å²) in [7, 11) is 0. The Kier molecular flexibility index (Phi) is 7.42. The Morgan fingerprint density at radius 3 is 1.62 bits per heavy atom. The highest BCUT2D eigenvalue weighted by atomic mass is 16.3. The van der Waals surface area contributed by atoms with Gasteiger partial charge in [-0.05, 0) is 47.0 Å². The average Bonchev–Trinajstić information content (AvgIpc) is 3.81. The highest BCUT2D eigenvalue weighted by Gasteiger charge is 2.22. The van der Waals surface area contributed by atoms with E-state index in [1.54, 1.807) is 0 Å². The molecule has 0 fully saturated rings. The fraction of sp³-hybridized carbons (Fsp3) is 0. The third-order valence-electron chi connectivity index (χ3n) is 10.7. The Labute approximate surface area is 322 Å². The molecule has 3 aromatic heterocycles. The van der Waals surface area contributed by atoms with Gasteiger partial charge in [-0.1, -0.05) is 158 Å². The van der Waals surface area contributed by atoms with E-state index in [0.29, 0.717) is 17.5 Å². The van der Waals surface area contributed by atoms with Gasteiger partial charge >= 0.3 is 0 Å². The van der Waals surface area contributed by atoms with E-state index in [1.165, 1.54) is 10.8 Å². The molecule has 5 heteroatoms. The van der Waals surface area contributed by atoms with Crippen LogP contribution in [-0.4, -0.2) is 19.5 Å². The number of fused-ring (bicyclic) bond motifs is 6. The minimum Gasteiger partial charge on any atom is -0.455 e. The molecule has 0 aliphatic heterocycles. The molecule has 8 aromatic carbocycles. The van der Waals surface area contributed by atoms with Crippen molar-refractivity contribution >= 4 is 43.7 Å². The van der Waals surface area contributed by atoms with Crippen LogP contribution in [0.1, 0.15) is 0 Å². The Morgan fingerprint density at radius 1 is 0.339 bits per heavy atom. The molecule has 0 bridgehead atoms. The fourth-order valence-corrected chi connectivity index (χ4v) is 8.03. The lowest BCUT2D eigenvalue weighted by Crippen LogP contribution is -2.01. The second-order valence-electron chi connectivity index (χ2n) is 14.0. The van der Waals surface area contributed by atoms with Crippen molar-refractivity contribution < 1.29 is 4.42 Å². The Bertz CT molecular complexity index is 3170. The van der Waals surface area contributed by atoms with Crippen LogP contribution in [0.25, 0.3) is 106 Å². The van der Waals surface area contributed by atoms with Crippen LogP contribution >= 0.6 is 0 Å². The summed E-state index contributed by atoms with van der Waals surface area (Å²) >= 11 is 0. The van der Waals surface area contributed by atoms with Crippen molar-refractivity contribution in [3.05, 3.63) is 194 Å². The van der Waals surface area contributed by atoms with Crippen molar-refractivity contribution in [2.75, 3.05) is 0 Å². The number of hydrogen-bond donors (Lipinski definition) is 0. The predicted octanol–water partition coefficient (Wildman–Crippen LogP) is 13.2. The maximum Gasteiger partial charge on any atom is 0.164 e. The summed E-state index contributed by atoms with van der Waals surface area (Å²) in [6.45, 7) is 0. The molecule has 262 valence electrons. The van der Waals surface area contributed by atoms with Crippen molar-refractivity contribution in [3.8, 4) is 62.1 Å². The van der Waals surface area contributed by atoms with Crippen LogP contribution in [0.4, 0.5) is 0 Å². The standard InChI is InChI=1S/C51H32N4O/c1-5-16-33(17-6-1)36-28-29-38(44(30-36)51-53-49(34-18-7-2-8-19-34)52-50(54-51)35-20-9-3-10-21-35)40-25-15-26-41-43-31-42-39-24-13-14-27-45(39)55(37-22-11-4-12-23-37)46(42)32-47(43)56-48(40)41/h1-32H. The molecule has 0 saturated heterocycles. The first kappa shape index (κ1) is 31.9. The van der Waals surface area contributed by atoms with Gasteiger partial charge in [0, 0.05) is 55.6 Å². The molecular formula is C51H32N4O. The van der Waals surface area contributed by atoms with Crippen LogP contribution in [0.2, 0.25) is 0 Å². The Balaban J connectivity index is 1.17. The lowest BCUT2D eigenvalue weighted by Gasteiger charge is -2.14. The summed E-state index contributed by atoms with van der Waals surface area (Å²) in [5.74, 6) is 1.82. The molecule has 11 aromatic rings. The van der Waals surface area contributed by atoms with E-state index in [9.17, 15) is 0 Å². The molecule has 0 atom stereocenters. The van der Waals surface area contributed by atoms with E-state index in [-0.39, 0.29) is 0 Å². The first-order valence-electron chi connectivity index (χ1n) is 18.8. The lowest BCUT2D eigenvalue weighted by molar-refractivity contribution is 0.670. The van der Waals surface area contributed by atoms with E-state index in [2.05, 4.69) is 132 Å². The van der Waals surface area contributed by atoms with Crippen molar-refractivity contribution in [3.63, 3.8) is 0 Å². The normalized spacial score (nSPS) is 11.6. The van der Waals surface area contributed by atoms with Gasteiger partial charge in [0.05, 0.1) is 11.0 Å². The third-order valence-corrected chi connectivity index (χ3v) is 10.7. The maximum atomic E-state index is 6.96. The van der Waals surface area contributed by atoms with Gasteiger partial charge in [-0.25, -0.2) is 15.0 Å². The first-order valence-corrected chi connectivity index (χ1v) is 18.8. The van der Waals surface area contributed by atoms with Crippen molar-refractivity contribution in [1.29, 1.82) is 0 Å². The molecule has 0 radical (unpaired) electrons. The number of aromatic nitrogens is 4. The quantitative estimate of drug-likeness (QED) is 0.172. The second kappa shape index (κ2) is 13.0. The fourth-order valence-electron chi connectivity index (χ4n) is 8.03. The van der Waals surface area contributed by atoms with Crippen molar-refractivity contribution in [1.82, 2.24) is 19.5 Å². The summed E-state index contributed by atoms with van der Waals surface area (Å²) in [5.41, 5.74) is 11.9. The predicted molar refractivity (Wildman–Crippen MR) is 229 cm³/mol. The average molecular weight is 717 g/mol. The van der Waals surface area contributed by atoms with E-state index in [0.717, 1.165) is 77.6 Å². The number of para-hydroxylation sites is 3.